The van der Waals surface area contributed by atoms with Crippen molar-refractivity contribution in [2.45, 2.75) is 46.4 Å². The molecule has 0 amide bonds. The van der Waals surface area contributed by atoms with Crippen LogP contribution < -0.4 is 14.8 Å². The van der Waals surface area contributed by atoms with Crippen molar-refractivity contribution >= 4 is 21.9 Å². The molecule has 1 unspecified atom stereocenters. The Bertz CT molecular complexity index is 811. The molecule has 0 spiro atoms. The molecule has 0 fully saturated rings. The summed E-state index contributed by atoms with van der Waals surface area (Å²) in [6.45, 7) is 6.99. The molecule has 0 aliphatic heterocycles. The first-order valence-electron chi connectivity index (χ1n) is 9.58. The number of hydrogen-bond donors (Lipinski definition) is 2. The number of halogens is 2. The van der Waals surface area contributed by atoms with Crippen LogP contribution in [-0.2, 0) is 17.9 Å². The second-order valence-corrected chi connectivity index (χ2v) is 8.01. The normalized spacial score (nSPS) is 12.1. The van der Waals surface area contributed by atoms with E-state index in [0.717, 1.165) is 11.1 Å². The third-order valence-electron chi connectivity index (χ3n) is 4.22. The minimum Gasteiger partial charge on any atom is -0.490 e. The molecule has 0 radical (unpaired) electrons. The van der Waals surface area contributed by atoms with Gasteiger partial charge in [-0.2, -0.15) is 0 Å². The Morgan fingerprint density at radius 2 is 1.86 bits per heavy atom. The van der Waals surface area contributed by atoms with Crippen LogP contribution in [0.4, 0.5) is 4.39 Å². The molecule has 0 aliphatic rings. The van der Waals surface area contributed by atoms with Crippen molar-refractivity contribution in [3.63, 3.8) is 0 Å². The number of benzene rings is 2. The van der Waals surface area contributed by atoms with E-state index in [1.54, 1.807) is 12.1 Å². The molecule has 0 aromatic heterocycles. The zero-order chi connectivity index (χ0) is 21.4. The van der Waals surface area contributed by atoms with Gasteiger partial charge in [-0.15, -0.1) is 0 Å². The van der Waals surface area contributed by atoms with Crippen molar-refractivity contribution in [1.29, 1.82) is 0 Å². The summed E-state index contributed by atoms with van der Waals surface area (Å²) in [5, 5.41) is 12.5. The summed E-state index contributed by atoms with van der Waals surface area (Å²) in [5.74, 6) is 0.242. The fourth-order valence-corrected chi connectivity index (χ4v) is 3.45. The van der Waals surface area contributed by atoms with Gasteiger partial charge in [-0.3, -0.25) is 4.79 Å². The first kappa shape index (κ1) is 23.2. The summed E-state index contributed by atoms with van der Waals surface area (Å²) in [4.78, 5) is 11.4. The minimum absolute atomic E-state index is 0.270. The summed E-state index contributed by atoms with van der Waals surface area (Å²) in [6.07, 6.45) is 0.549. The fourth-order valence-electron chi connectivity index (χ4n) is 2.85. The van der Waals surface area contributed by atoms with Gasteiger partial charge in [0, 0.05) is 6.54 Å². The van der Waals surface area contributed by atoms with E-state index in [9.17, 15) is 14.3 Å². The van der Waals surface area contributed by atoms with E-state index in [1.807, 2.05) is 32.9 Å². The van der Waals surface area contributed by atoms with E-state index in [-0.39, 0.29) is 18.3 Å². The summed E-state index contributed by atoms with van der Waals surface area (Å²) >= 11 is 3.52. The molecular weight excluding hydrogens is 441 g/mol. The predicted molar refractivity (Wildman–Crippen MR) is 114 cm³/mol. The van der Waals surface area contributed by atoms with Crippen LogP contribution in [0.1, 0.15) is 38.3 Å². The zero-order valence-corrected chi connectivity index (χ0v) is 18.5. The molecule has 0 heterocycles. The molecule has 0 saturated carbocycles. The molecule has 2 aromatic rings. The Morgan fingerprint density at radius 1 is 1.17 bits per heavy atom. The van der Waals surface area contributed by atoms with E-state index >= 15 is 0 Å². The summed E-state index contributed by atoms with van der Waals surface area (Å²) in [7, 11) is 0. The Kier molecular flexibility index (Phi) is 8.92. The molecule has 158 valence electrons. The molecule has 2 aromatic carbocycles. The molecule has 5 nitrogen and oxygen atoms in total. The maximum atomic E-state index is 13.1. The lowest BCUT2D eigenvalue weighted by atomic mass is 10.0. The minimum atomic E-state index is -0.859. The molecule has 7 heteroatoms. The Balaban J connectivity index is 2.13. The topological polar surface area (TPSA) is 67.8 Å². The number of aliphatic carboxylic acids is 1. The van der Waals surface area contributed by atoms with E-state index in [4.69, 9.17) is 9.47 Å². The van der Waals surface area contributed by atoms with Crippen LogP contribution in [0, 0.1) is 11.7 Å². The highest BCUT2D eigenvalue weighted by molar-refractivity contribution is 9.10. The largest absolute Gasteiger partial charge is 0.490 e. The van der Waals surface area contributed by atoms with Crippen LogP contribution in [0.2, 0.25) is 0 Å². The summed E-state index contributed by atoms with van der Waals surface area (Å²) < 4.78 is 25.4. The van der Waals surface area contributed by atoms with Gasteiger partial charge in [0.1, 0.15) is 18.5 Å². The van der Waals surface area contributed by atoms with Gasteiger partial charge < -0.3 is 19.9 Å². The highest BCUT2D eigenvalue weighted by Gasteiger charge is 2.19. The number of nitrogens with one attached hydrogen (secondary N) is 1. The van der Waals surface area contributed by atoms with Crippen molar-refractivity contribution in [1.82, 2.24) is 5.32 Å². The maximum absolute atomic E-state index is 13.1. The van der Waals surface area contributed by atoms with Crippen LogP contribution >= 0.6 is 15.9 Å². The number of hydrogen-bond acceptors (Lipinski definition) is 4. The van der Waals surface area contributed by atoms with Crippen LogP contribution in [0.3, 0.4) is 0 Å². The maximum Gasteiger partial charge on any atom is 0.320 e. The van der Waals surface area contributed by atoms with Gasteiger partial charge in [0.15, 0.2) is 11.5 Å². The highest BCUT2D eigenvalue weighted by atomic mass is 79.9. The lowest BCUT2D eigenvalue weighted by molar-refractivity contribution is -0.140. The number of rotatable bonds is 11. The van der Waals surface area contributed by atoms with Crippen molar-refractivity contribution in [2.75, 3.05) is 6.61 Å². The third-order valence-corrected chi connectivity index (χ3v) is 4.81. The lowest BCUT2D eigenvalue weighted by Gasteiger charge is -2.18. The molecule has 0 bridgehead atoms. The van der Waals surface area contributed by atoms with E-state index in [1.165, 1.54) is 12.1 Å². The molecule has 1 atom stereocenters. The van der Waals surface area contributed by atoms with Gasteiger partial charge in [-0.05, 0) is 70.6 Å². The number of carboxylic acid groups (broad SMARTS) is 1. The molecular formula is C22H27BrFNO4. The van der Waals surface area contributed by atoms with Gasteiger partial charge in [0.05, 0.1) is 11.1 Å². The molecule has 2 N–H and O–H groups in total. The second-order valence-electron chi connectivity index (χ2n) is 7.15. The third kappa shape index (κ3) is 7.33. The van der Waals surface area contributed by atoms with E-state index in [2.05, 4.69) is 21.2 Å². The van der Waals surface area contributed by atoms with Crippen molar-refractivity contribution in [3.8, 4) is 11.5 Å². The molecule has 0 aliphatic carbocycles. The Labute approximate surface area is 179 Å². The van der Waals surface area contributed by atoms with E-state index < -0.39 is 12.0 Å². The quantitative estimate of drug-likeness (QED) is 0.477. The number of ether oxygens (including phenoxy) is 2. The summed E-state index contributed by atoms with van der Waals surface area (Å²) in [6, 6.07) is 9.23. The average Bonchev–Trinajstić information content (AvgIpc) is 2.65. The fraction of sp³-hybridized carbons (Fsp3) is 0.409. The lowest BCUT2D eigenvalue weighted by Crippen LogP contribution is -2.37. The van der Waals surface area contributed by atoms with Crippen LogP contribution in [0.15, 0.2) is 40.9 Å². The first-order chi connectivity index (χ1) is 13.8. The number of carbonyl (C=O) groups is 1. The smallest absolute Gasteiger partial charge is 0.320 e. The highest BCUT2D eigenvalue weighted by Crippen LogP contribution is 2.37. The predicted octanol–water partition coefficient (Wildman–Crippen LogP) is 5.15. The molecule has 0 saturated heterocycles. The molecule has 2 rings (SSSR count). The Morgan fingerprint density at radius 3 is 2.45 bits per heavy atom. The van der Waals surface area contributed by atoms with Gasteiger partial charge >= 0.3 is 5.97 Å². The van der Waals surface area contributed by atoms with Crippen LogP contribution in [0.25, 0.3) is 0 Å². The Hall–Kier alpha value is -2.12. The zero-order valence-electron chi connectivity index (χ0n) is 16.9. The monoisotopic (exact) mass is 467 g/mol. The van der Waals surface area contributed by atoms with Crippen molar-refractivity contribution in [3.05, 3.63) is 57.8 Å². The van der Waals surface area contributed by atoms with Crippen molar-refractivity contribution in [2.24, 2.45) is 5.92 Å². The van der Waals surface area contributed by atoms with Gasteiger partial charge in [0.2, 0.25) is 0 Å². The number of carboxylic acids is 1. The second kappa shape index (κ2) is 11.2. The average molecular weight is 468 g/mol. The summed E-state index contributed by atoms with van der Waals surface area (Å²) in [5.41, 5.74) is 1.72. The van der Waals surface area contributed by atoms with Gasteiger partial charge in [-0.1, -0.05) is 26.0 Å². The standard InChI is InChI=1S/C22H27BrFNO4/c1-4-28-20-11-16(12-25-19(22(26)27)9-14(2)3)10-18(23)21(20)29-13-15-5-7-17(24)8-6-15/h5-8,10-11,14,19,25H,4,9,12-13H2,1-3H3,(H,26,27). The first-order valence-corrected chi connectivity index (χ1v) is 10.4. The van der Waals surface area contributed by atoms with E-state index in [0.29, 0.717) is 35.5 Å². The van der Waals surface area contributed by atoms with Crippen LogP contribution in [0.5, 0.6) is 11.5 Å². The van der Waals surface area contributed by atoms with Gasteiger partial charge in [0.25, 0.3) is 0 Å². The van der Waals surface area contributed by atoms with Gasteiger partial charge in [-0.25, -0.2) is 4.39 Å². The molecule has 29 heavy (non-hydrogen) atoms. The van der Waals surface area contributed by atoms with Crippen molar-refractivity contribution < 1.29 is 23.8 Å². The van der Waals surface area contributed by atoms with Crippen LogP contribution in [-0.4, -0.2) is 23.7 Å². The SMILES string of the molecule is CCOc1cc(CNC(CC(C)C)C(=O)O)cc(Br)c1OCc1ccc(F)cc1.